The number of nitrogens with one attached hydrogen (secondary N) is 2. The Morgan fingerprint density at radius 2 is 1.89 bits per heavy atom. The largest absolute Gasteiger partial charge is 0.465 e. The van der Waals surface area contributed by atoms with Gasteiger partial charge in [0.1, 0.15) is 10.7 Å². The van der Waals surface area contributed by atoms with Crippen LogP contribution in [0.4, 0.5) is 5.69 Å². The highest BCUT2D eigenvalue weighted by molar-refractivity contribution is 7.13. The Balaban J connectivity index is 1.58. The standard InChI is InChI=1S/C20H15N3O3S/c1-26-20(25)13-7-3-5-9-15(13)22-18(24)17-11-27-19(23-17)16-10-12-6-2-4-8-14(12)21-16/h2-11,21H,1H3,(H,22,24). The molecule has 0 aliphatic rings. The molecule has 0 saturated heterocycles. The maximum atomic E-state index is 12.6. The summed E-state index contributed by atoms with van der Waals surface area (Å²) in [6.07, 6.45) is 0. The van der Waals surface area contributed by atoms with E-state index in [9.17, 15) is 9.59 Å². The minimum atomic E-state index is -0.511. The fourth-order valence-corrected chi connectivity index (χ4v) is 3.53. The molecule has 1 amide bonds. The average molecular weight is 377 g/mol. The molecule has 2 aromatic carbocycles. The van der Waals surface area contributed by atoms with Gasteiger partial charge in [-0.25, -0.2) is 9.78 Å². The van der Waals surface area contributed by atoms with Crippen LogP contribution in [0.25, 0.3) is 21.6 Å². The summed E-state index contributed by atoms with van der Waals surface area (Å²) in [5.74, 6) is -0.895. The molecule has 4 aromatic rings. The number of ether oxygens (including phenoxy) is 1. The summed E-state index contributed by atoms with van der Waals surface area (Å²) < 4.78 is 4.75. The van der Waals surface area contributed by atoms with Gasteiger partial charge in [0.15, 0.2) is 0 Å². The van der Waals surface area contributed by atoms with Crippen LogP contribution in [0.3, 0.4) is 0 Å². The van der Waals surface area contributed by atoms with E-state index in [4.69, 9.17) is 4.74 Å². The molecule has 0 atom stereocenters. The molecule has 0 bridgehead atoms. The molecule has 2 aromatic heterocycles. The van der Waals surface area contributed by atoms with Crippen molar-refractivity contribution in [2.24, 2.45) is 0 Å². The number of amides is 1. The van der Waals surface area contributed by atoms with Crippen molar-refractivity contribution in [1.29, 1.82) is 0 Å². The first-order valence-electron chi connectivity index (χ1n) is 8.18. The third-order valence-corrected chi connectivity index (χ3v) is 4.95. The maximum Gasteiger partial charge on any atom is 0.339 e. The number of rotatable bonds is 4. The fraction of sp³-hybridized carbons (Fsp3) is 0.0500. The van der Waals surface area contributed by atoms with Crippen LogP contribution in [-0.4, -0.2) is 29.0 Å². The number of carbonyl (C=O) groups excluding carboxylic acids is 2. The quantitative estimate of drug-likeness (QED) is 0.519. The summed E-state index contributed by atoms with van der Waals surface area (Å²) in [5, 5.41) is 6.22. The Morgan fingerprint density at radius 3 is 2.70 bits per heavy atom. The summed E-state index contributed by atoms with van der Waals surface area (Å²) >= 11 is 1.38. The van der Waals surface area contributed by atoms with Crippen LogP contribution >= 0.6 is 11.3 Å². The molecule has 7 heteroatoms. The monoisotopic (exact) mass is 377 g/mol. The van der Waals surface area contributed by atoms with E-state index in [1.807, 2.05) is 30.3 Å². The van der Waals surface area contributed by atoms with E-state index >= 15 is 0 Å². The molecule has 0 saturated carbocycles. The second-order valence-electron chi connectivity index (χ2n) is 5.80. The smallest absolute Gasteiger partial charge is 0.339 e. The minimum absolute atomic E-state index is 0.285. The van der Waals surface area contributed by atoms with Gasteiger partial charge < -0.3 is 15.0 Å². The van der Waals surface area contributed by atoms with E-state index < -0.39 is 5.97 Å². The van der Waals surface area contributed by atoms with Gasteiger partial charge in [0.05, 0.1) is 24.1 Å². The summed E-state index contributed by atoms with van der Waals surface area (Å²) in [5.41, 5.74) is 2.83. The van der Waals surface area contributed by atoms with Crippen molar-refractivity contribution >= 4 is 39.8 Å². The molecule has 4 rings (SSSR count). The molecule has 6 nitrogen and oxygen atoms in total. The highest BCUT2D eigenvalue weighted by Gasteiger charge is 2.17. The Kier molecular flexibility index (Phi) is 4.43. The summed E-state index contributed by atoms with van der Waals surface area (Å²) in [6.45, 7) is 0. The summed E-state index contributed by atoms with van der Waals surface area (Å²) in [6, 6.07) is 16.6. The molecular formula is C20H15N3O3S. The van der Waals surface area contributed by atoms with Crippen LogP contribution in [0, 0.1) is 0 Å². The highest BCUT2D eigenvalue weighted by Crippen LogP contribution is 2.27. The second-order valence-corrected chi connectivity index (χ2v) is 6.66. The number of aromatic nitrogens is 2. The average Bonchev–Trinajstić information content (AvgIpc) is 3.34. The number of esters is 1. The van der Waals surface area contributed by atoms with Gasteiger partial charge >= 0.3 is 5.97 Å². The molecule has 0 unspecified atom stereocenters. The number of para-hydroxylation sites is 2. The third kappa shape index (κ3) is 3.32. The number of benzene rings is 2. The maximum absolute atomic E-state index is 12.6. The Hall–Kier alpha value is -3.45. The van der Waals surface area contributed by atoms with Gasteiger partial charge in [0.2, 0.25) is 0 Å². The number of hydrogen-bond acceptors (Lipinski definition) is 5. The lowest BCUT2D eigenvalue weighted by Crippen LogP contribution is -2.15. The first-order valence-corrected chi connectivity index (χ1v) is 9.06. The molecule has 0 aliphatic carbocycles. The van der Waals surface area contributed by atoms with Crippen LogP contribution in [0.5, 0.6) is 0 Å². The zero-order chi connectivity index (χ0) is 18.8. The first-order chi connectivity index (χ1) is 13.2. The van der Waals surface area contributed by atoms with Gasteiger partial charge in [-0.2, -0.15) is 0 Å². The molecule has 27 heavy (non-hydrogen) atoms. The number of anilines is 1. The van der Waals surface area contributed by atoms with Gasteiger partial charge in [-0.1, -0.05) is 30.3 Å². The number of nitrogens with zero attached hydrogens (tertiary/aromatic N) is 1. The van der Waals surface area contributed by atoms with E-state index in [0.717, 1.165) is 21.6 Å². The summed E-state index contributed by atoms with van der Waals surface area (Å²) in [4.78, 5) is 32.1. The molecule has 0 aliphatic heterocycles. The number of methoxy groups -OCH3 is 1. The van der Waals surface area contributed by atoms with Crippen molar-refractivity contribution < 1.29 is 14.3 Å². The lowest BCUT2D eigenvalue weighted by molar-refractivity contribution is 0.0602. The number of fused-ring (bicyclic) bond motifs is 1. The third-order valence-electron chi connectivity index (χ3n) is 4.08. The number of carbonyl (C=O) groups is 2. The summed E-state index contributed by atoms with van der Waals surface area (Å²) in [7, 11) is 1.30. The lowest BCUT2D eigenvalue weighted by atomic mass is 10.2. The zero-order valence-corrected chi connectivity index (χ0v) is 15.2. The van der Waals surface area contributed by atoms with Gasteiger partial charge in [-0.15, -0.1) is 11.3 Å². The van der Waals surface area contributed by atoms with Crippen LogP contribution in [0.15, 0.2) is 60.0 Å². The van der Waals surface area contributed by atoms with Crippen molar-refractivity contribution in [2.45, 2.75) is 0 Å². The van der Waals surface area contributed by atoms with E-state index in [-0.39, 0.29) is 11.6 Å². The predicted octanol–water partition coefficient (Wildman–Crippen LogP) is 4.33. The molecular weight excluding hydrogens is 362 g/mol. The van der Waals surface area contributed by atoms with E-state index in [1.54, 1.807) is 29.6 Å². The van der Waals surface area contributed by atoms with E-state index in [1.165, 1.54) is 18.4 Å². The van der Waals surface area contributed by atoms with Gasteiger partial charge in [0.25, 0.3) is 5.91 Å². The fourth-order valence-electron chi connectivity index (χ4n) is 2.76. The van der Waals surface area contributed by atoms with Gasteiger partial charge in [0, 0.05) is 16.3 Å². The minimum Gasteiger partial charge on any atom is -0.465 e. The normalized spacial score (nSPS) is 10.7. The van der Waals surface area contributed by atoms with Gasteiger partial charge in [-0.05, 0) is 24.3 Å². The lowest BCUT2D eigenvalue weighted by Gasteiger charge is -2.08. The van der Waals surface area contributed by atoms with Crippen molar-refractivity contribution in [1.82, 2.24) is 9.97 Å². The van der Waals surface area contributed by atoms with Gasteiger partial charge in [-0.3, -0.25) is 4.79 Å². The van der Waals surface area contributed by atoms with Crippen molar-refractivity contribution in [3.05, 3.63) is 71.2 Å². The Bertz CT molecular complexity index is 1110. The molecule has 2 N–H and O–H groups in total. The molecule has 0 spiro atoms. The van der Waals surface area contributed by atoms with E-state index in [0.29, 0.717) is 11.3 Å². The number of thiazole rings is 1. The van der Waals surface area contributed by atoms with E-state index in [2.05, 4.69) is 15.3 Å². The van der Waals surface area contributed by atoms with Crippen molar-refractivity contribution in [2.75, 3.05) is 12.4 Å². The highest BCUT2D eigenvalue weighted by atomic mass is 32.1. The zero-order valence-electron chi connectivity index (χ0n) is 14.4. The molecule has 134 valence electrons. The van der Waals surface area contributed by atoms with Crippen LogP contribution in [0.1, 0.15) is 20.8 Å². The predicted molar refractivity (Wildman–Crippen MR) is 105 cm³/mol. The molecule has 0 fully saturated rings. The number of aromatic amines is 1. The SMILES string of the molecule is COC(=O)c1ccccc1NC(=O)c1csc(-c2cc3ccccc3[nH]2)n1. The Labute approximate surface area is 158 Å². The molecule has 2 heterocycles. The van der Waals surface area contributed by atoms with Crippen LogP contribution in [0.2, 0.25) is 0 Å². The van der Waals surface area contributed by atoms with Crippen molar-refractivity contribution in [3.63, 3.8) is 0 Å². The Morgan fingerprint density at radius 1 is 1.11 bits per heavy atom. The topological polar surface area (TPSA) is 84.1 Å². The van der Waals surface area contributed by atoms with Crippen LogP contribution in [-0.2, 0) is 4.74 Å². The second kappa shape index (κ2) is 7.05. The van der Waals surface area contributed by atoms with Crippen LogP contribution < -0.4 is 5.32 Å². The first kappa shape index (κ1) is 17.0. The van der Waals surface area contributed by atoms with Crippen molar-refractivity contribution in [3.8, 4) is 10.7 Å². The number of H-pyrrole nitrogens is 1. The number of hydrogen-bond donors (Lipinski definition) is 2. The molecule has 0 radical (unpaired) electrons.